The molecular formula is C24H27N3O3. The molecule has 0 radical (unpaired) electrons. The Morgan fingerprint density at radius 3 is 2.27 bits per heavy atom. The molecule has 0 atom stereocenters. The van der Waals surface area contributed by atoms with E-state index in [1.54, 1.807) is 0 Å². The first kappa shape index (κ1) is 21.5. The summed E-state index contributed by atoms with van der Waals surface area (Å²) in [5.41, 5.74) is 2.25. The smallest absolute Gasteiger partial charge is 0.277 e. The predicted molar refractivity (Wildman–Crippen MR) is 118 cm³/mol. The molecule has 0 spiro atoms. The number of aromatic amines is 1. The maximum absolute atomic E-state index is 13.0. The Balaban J connectivity index is 1.88. The average Bonchev–Trinajstić information content (AvgIpc) is 2.79. The lowest BCUT2D eigenvalue weighted by atomic mass is 9.95. The van der Waals surface area contributed by atoms with E-state index >= 15 is 0 Å². The number of hydrogen-bond acceptors (Lipinski definition) is 4. The Labute approximate surface area is 176 Å². The summed E-state index contributed by atoms with van der Waals surface area (Å²) in [4.78, 5) is 25.6. The Hall–Kier alpha value is -3.25. The van der Waals surface area contributed by atoms with Crippen LogP contribution in [-0.2, 0) is 4.74 Å². The van der Waals surface area contributed by atoms with Crippen LogP contribution >= 0.6 is 0 Å². The van der Waals surface area contributed by atoms with E-state index in [-0.39, 0.29) is 5.56 Å². The van der Waals surface area contributed by atoms with Gasteiger partial charge in [-0.1, -0.05) is 74.0 Å². The lowest BCUT2D eigenvalue weighted by Crippen LogP contribution is -2.32. The van der Waals surface area contributed by atoms with E-state index in [0.717, 1.165) is 30.6 Å². The van der Waals surface area contributed by atoms with Gasteiger partial charge in [-0.25, -0.2) is 5.10 Å². The zero-order valence-electron chi connectivity index (χ0n) is 17.2. The first-order chi connectivity index (χ1) is 14.7. The SMILES string of the molecule is CCCCOCCCNC(=O)c1c(-c2ccccc2)c(-c2ccccc2)n[nH]c1=O. The van der Waals surface area contributed by atoms with Gasteiger partial charge in [-0.05, 0) is 18.4 Å². The van der Waals surface area contributed by atoms with Gasteiger partial charge < -0.3 is 10.1 Å². The van der Waals surface area contributed by atoms with Crippen molar-refractivity contribution in [1.82, 2.24) is 15.5 Å². The van der Waals surface area contributed by atoms with Crippen LogP contribution in [0.3, 0.4) is 0 Å². The van der Waals surface area contributed by atoms with Crippen LogP contribution in [0.4, 0.5) is 0 Å². The molecule has 156 valence electrons. The first-order valence-corrected chi connectivity index (χ1v) is 10.3. The summed E-state index contributed by atoms with van der Waals surface area (Å²) in [6, 6.07) is 18.9. The highest BCUT2D eigenvalue weighted by Gasteiger charge is 2.22. The normalized spacial score (nSPS) is 10.7. The number of hydrogen-bond donors (Lipinski definition) is 2. The quantitative estimate of drug-likeness (QED) is 0.499. The van der Waals surface area contributed by atoms with Crippen LogP contribution in [0.5, 0.6) is 0 Å². The van der Waals surface area contributed by atoms with Gasteiger partial charge in [-0.3, -0.25) is 9.59 Å². The van der Waals surface area contributed by atoms with E-state index < -0.39 is 11.5 Å². The minimum atomic E-state index is -0.509. The van der Waals surface area contributed by atoms with Crippen molar-refractivity contribution in [2.45, 2.75) is 26.2 Å². The van der Waals surface area contributed by atoms with E-state index in [2.05, 4.69) is 22.4 Å². The summed E-state index contributed by atoms with van der Waals surface area (Å²) in [6.07, 6.45) is 2.81. The summed E-state index contributed by atoms with van der Waals surface area (Å²) in [5, 5.41) is 9.61. The maximum atomic E-state index is 13.0. The van der Waals surface area contributed by atoms with Gasteiger partial charge in [-0.15, -0.1) is 0 Å². The third-order valence-corrected chi connectivity index (χ3v) is 4.71. The van der Waals surface area contributed by atoms with E-state index in [0.29, 0.717) is 30.8 Å². The molecule has 1 amide bonds. The van der Waals surface area contributed by atoms with Crippen LogP contribution in [0.15, 0.2) is 65.5 Å². The molecule has 6 nitrogen and oxygen atoms in total. The fourth-order valence-corrected chi connectivity index (χ4v) is 3.17. The van der Waals surface area contributed by atoms with Crippen molar-refractivity contribution in [3.8, 4) is 22.4 Å². The number of rotatable bonds is 10. The summed E-state index contributed by atoms with van der Waals surface area (Å²) in [7, 11) is 0. The van der Waals surface area contributed by atoms with Gasteiger partial charge in [-0.2, -0.15) is 5.10 Å². The number of nitrogens with one attached hydrogen (secondary N) is 2. The Kier molecular flexibility index (Phi) is 7.92. The third kappa shape index (κ3) is 5.42. The van der Waals surface area contributed by atoms with Crippen LogP contribution < -0.4 is 10.9 Å². The number of nitrogens with zero attached hydrogens (tertiary/aromatic N) is 1. The van der Waals surface area contributed by atoms with Crippen molar-refractivity contribution in [3.05, 3.63) is 76.6 Å². The number of carbonyl (C=O) groups is 1. The average molecular weight is 405 g/mol. The summed E-state index contributed by atoms with van der Waals surface area (Å²) in [5.74, 6) is -0.414. The Morgan fingerprint density at radius 2 is 1.60 bits per heavy atom. The molecule has 3 rings (SSSR count). The standard InChI is InChI=1S/C24H27N3O3/c1-2-3-16-30-17-10-15-25-23(28)21-20(18-11-6-4-7-12-18)22(26-27-24(21)29)19-13-8-5-9-14-19/h4-9,11-14H,2-3,10,15-17H2,1H3,(H,25,28)(H,27,29). The van der Waals surface area contributed by atoms with E-state index in [1.165, 1.54) is 0 Å². The predicted octanol–water partition coefficient (Wildman–Crippen LogP) is 4.04. The lowest BCUT2D eigenvalue weighted by Gasteiger charge is -2.14. The molecule has 0 saturated heterocycles. The molecule has 1 heterocycles. The molecule has 3 aromatic rings. The second-order valence-electron chi connectivity index (χ2n) is 6.96. The molecule has 0 aliphatic heterocycles. The number of unbranched alkanes of at least 4 members (excludes halogenated alkanes) is 1. The minimum Gasteiger partial charge on any atom is -0.381 e. The molecule has 0 aliphatic carbocycles. The van der Waals surface area contributed by atoms with Crippen molar-refractivity contribution in [1.29, 1.82) is 0 Å². The van der Waals surface area contributed by atoms with Gasteiger partial charge in [0.2, 0.25) is 0 Å². The molecule has 1 aromatic heterocycles. The van der Waals surface area contributed by atoms with Crippen LogP contribution in [0, 0.1) is 0 Å². The second-order valence-corrected chi connectivity index (χ2v) is 6.96. The van der Waals surface area contributed by atoms with E-state index in [4.69, 9.17) is 4.74 Å². The number of benzene rings is 2. The van der Waals surface area contributed by atoms with Crippen molar-refractivity contribution in [2.24, 2.45) is 0 Å². The second kappa shape index (κ2) is 11.1. The molecule has 0 saturated carbocycles. The number of carbonyl (C=O) groups excluding carboxylic acids is 1. The van der Waals surface area contributed by atoms with Gasteiger partial charge >= 0.3 is 0 Å². The van der Waals surface area contributed by atoms with Gasteiger partial charge in [0, 0.05) is 30.9 Å². The monoisotopic (exact) mass is 405 g/mol. The van der Waals surface area contributed by atoms with Gasteiger partial charge in [0.15, 0.2) is 0 Å². The third-order valence-electron chi connectivity index (χ3n) is 4.71. The van der Waals surface area contributed by atoms with Crippen molar-refractivity contribution in [2.75, 3.05) is 19.8 Å². The summed E-state index contributed by atoms with van der Waals surface area (Å²) < 4.78 is 5.53. The Bertz CT molecular complexity index is 1000. The van der Waals surface area contributed by atoms with Gasteiger partial charge in [0.25, 0.3) is 11.5 Å². The highest BCUT2D eigenvalue weighted by Crippen LogP contribution is 2.31. The highest BCUT2D eigenvalue weighted by molar-refractivity contribution is 6.03. The molecule has 6 heteroatoms. The van der Waals surface area contributed by atoms with Crippen LogP contribution in [0.25, 0.3) is 22.4 Å². The van der Waals surface area contributed by atoms with Crippen molar-refractivity contribution >= 4 is 5.91 Å². The molecule has 0 bridgehead atoms. The van der Waals surface area contributed by atoms with E-state index in [1.807, 2.05) is 60.7 Å². The lowest BCUT2D eigenvalue weighted by molar-refractivity contribution is 0.0939. The highest BCUT2D eigenvalue weighted by atomic mass is 16.5. The number of ether oxygens (including phenoxy) is 1. The number of aromatic nitrogens is 2. The topological polar surface area (TPSA) is 84.1 Å². The van der Waals surface area contributed by atoms with E-state index in [9.17, 15) is 9.59 Å². The van der Waals surface area contributed by atoms with Crippen LogP contribution in [0.1, 0.15) is 36.5 Å². The molecular weight excluding hydrogens is 378 g/mol. The van der Waals surface area contributed by atoms with Crippen LogP contribution in [0.2, 0.25) is 0 Å². The molecule has 0 fully saturated rings. The van der Waals surface area contributed by atoms with Crippen LogP contribution in [-0.4, -0.2) is 35.9 Å². The van der Waals surface area contributed by atoms with Crippen molar-refractivity contribution in [3.63, 3.8) is 0 Å². The molecule has 2 N–H and O–H groups in total. The largest absolute Gasteiger partial charge is 0.381 e. The summed E-state index contributed by atoms with van der Waals surface area (Å²) in [6.45, 7) is 3.85. The molecule has 0 aliphatic rings. The first-order valence-electron chi connectivity index (χ1n) is 10.3. The zero-order valence-corrected chi connectivity index (χ0v) is 17.2. The van der Waals surface area contributed by atoms with Gasteiger partial charge in [0.1, 0.15) is 5.56 Å². The number of H-pyrrole nitrogens is 1. The molecule has 2 aromatic carbocycles. The number of amides is 1. The van der Waals surface area contributed by atoms with Crippen molar-refractivity contribution < 1.29 is 9.53 Å². The molecule has 0 unspecified atom stereocenters. The maximum Gasteiger partial charge on any atom is 0.277 e. The van der Waals surface area contributed by atoms with Gasteiger partial charge in [0.05, 0.1) is 5.69 Å². The minimum absolute atomic E-state index is 0.0713. The summed E-state index contributed by atoms with van der Waals surface area (Å²) >= 11 is 0. The Morgan fingerprint density at radius 1 is 0.967 bits per heavy atom. The fourth-order valence-electron chi connectivity index (χ4n) is 3.17. The zero-order chi connectivity index (χ0) is 21.2. The fraction of sp³-hybridized carbons (Fsp3) is 0.292. The molecule has 30 heavy (non-hydrogen) atoms.